The van der Waals surface area contributed by atoms with Gasteiger partial charge in [-0.05, 0) is 40.7 Å². The lowest BCUT2D eigenvalue weighted by Crippen LogP contribution is -2.38. The van der Waals surface area contributed by atoms with Crippen molar-refractivity contribution >= 4 is 17.4 Å². The summed E-state index contributed by atoms with van der Waals surface area (Å²) < 4.78 is 5.20. The molecule has 0 aromatic carbocycles. The second-order valence-corrected chi connectivity index (χ2v) is 6.45. The molecular weight excluding hydrogens is 262 g/mol. The highest BCUT2D eigenvalue weighted by Gasteiger charge is 2.17. The minimum absolute atomic E-state index is 0.0869. The maximum Gasteiger partial charge on any atom is 0.407 e. The summed E-state index contributed by atoms with van der Waals surface area (Å²) in [4.78, 5) is 16.8. The van der Waals surface area contributed by atoms with Crippen LogP contribution in [0.4, 0.5) is 4.79 Å². The van der Waals surface area contributed by atoms with Gasteiger partial charge in [-0.25, -0.2) is 4.79 Å². The molecule has 0 fully saturated rings. The summed E-state index contributed by atoms with van der Waals surface area (Å²) in [5, 5.41) is 6.14. The molecule has 0 bridgehead atoms. The summed E-state index contributed by atoms with van der Waals surface area (Å²) in [5.74, 6) is 0. The number of carbonyl (C=O) groups excluding carboxylic acids is 1. The normalized spacial score (nSPS) is 13.1. The number of rotatable bonds is 6. The fourth-order valence-electron chi connectivity index (χ4n) is 1.44. The third-order valence-electron chi connectivity index (χ3n) is 2.30. The van der Waals surface area contributed by atoms with Crippen LogP contribution in [0.25, 0.3) is 0 Å². The molecule has 1 unspecified atom stereocenters. The van der Waals surface area contributed by atoms with Gasteiger partial charge in [0.15, 0.2) is 0 Å². The fraction of sp³-hybridized carbons (Fsp3) is 0.692. The predicted molar refractivity (Wildman–Crippen MR) is 77.3 cm³/mol. The van der Waals surface area contributed by atoms with Gasteiger partial charge >= 0.3 is 6.09 Å². The van der Waals surface area contributed by atoms with Gasteiger partial charge in [0.1, 0.15) is 5.60 Å². The first kappa shape index (κ1) is 15.9. The van der Waals surface area contributed by atoms with E-state index in [0.717, 1.165) is 19.5 Å². The molecular formula is C13H23N3O2S. The third-order valence-corrected chi connectivity index (χ3v) is 3.08. The van der Waals surface area contributed by atoms with Crippen molar-refractivity contribution in [2.45, 2.75) is 52.3 Å². The predicted octanol–water partition coefficient (Wildman–Crippen LogP) is 2.54. The highest BCUT2D eigenvalue weighted by Crippen LogP contribution is 2.07. The second kappa shape index (κ2) is 7.45. The molecule has 6 heteroatoms. The van der Waals surface area contributed by atoms with Gasteiger partial charge in [0.25, 0.3) is 0 Å². The zero-order valence-corrected chi connectivity index (χ0v) is 12.8. The topological polar surface area (TPSA) is 63.2 Å². The molecule has 5 nitrogen and oxygen atoms in total. The molecule has 0 aliphatic rings. The second-order valence-electron chi connectivity index (χ2n) is 5.48. The molecule has 0 radical (unpaired) electrons. The standard InChI is InChI=1S/C13H23N3O2S/c1-10(16-12(17)18-13(2,3)4)5-6-14-7-11-8-15-9-19-11/h8-10,14H,5-7H2,1-4H3,(H,16,17). The Morgan fingerprint density at radius 2 is 2.26 bits per heavy atom. The van der Waals surface area contributed by atoms with E-state index in [2.05, 4.69) is 15.6 Å². The van der Waals surface area contributed by atoms with Crippen LogP contribution in [-0.2, 0) is 11.3 Å². The summed E-state index contributed by atoms with van der Waals surface area (Å²) in [6.07, 6.45) is 2.36. The molecule has 0 aliphatic heterocycles. The molecule has 0 spiro atoms. The van der Waals surface area contributed by atoms with Gasteiger partial charge in [-0.15, -0.1) is 11.3 Å². The fourth-order valence-corrected chi connectivity index (χ4v) is 2.00. The summed E-state index contributed by atoms with van der Waals surface area (Å²) in [7, 11) is 0. The van der Waals surface area contributed by atoms with Gasteiger partial charge in [0, 0.05) is 23.7 Å². The van der Waals surface area contributed by atoms with Crippen molar-refractivity contribution in [1.82, 2.24) is 15.6 Å². The number of alkyl carbamates (subject to hydrolysis) is 1. The Labute approximate surface area is 118 Å². The molecule has 1 rings (SSSR count). The Bertz CT molecular complexity index is 374. The summed E-state index contributed by atoms with van der Waals surface area (Å²) in [6.45, 7) is 9.20. The van der Waals surface area contributed by atoms with E-state index in [1.54, 1.807) is 11.3 Å². The van der Waals surface area contributed by atoms with E-state index in [-0.39, 0.29) is 12.1 Å². The molecule has 1 aromatic heterocycles. The monoisotopic (exact) mass is 285 g/mol. The number of thiazole rings is 1. The van der Waals surface area contributed by atoms with Crippen LogP contribution in [0.15, 0.2) is 11.7 Å². The van der Waals surface area contributed by atoms with E-state index in [4.69, 9.17) is 4.74 Å². The summed E-state index contributed by atoms with van der Waals surface area (Å²) in [5.41, 5.74) is 1.37. The Kier molecular flexibility index (Phi) is 6.24. The smallest absolute Gasteiger partial charge is 0.407 e. The van der Waals surface area contributed by atoms with Crippen molar-refractivity contribution < 1.29 is 9.53 Å². The highest BCUT2D eigenvalue weighted by atomic mass is 32.1. The lowest BCUT2D eigenvalue weighted by Gasteiger charge is -2.22. The van der Waals surface area contributed by atoms with Crippen LogP contribution in [0.2, 0.25) is 0 Å². The lowest BCUT2D eigenvalue weighted by atomic mass is 10.2. The molecule has 19 heavy (non-hydrogen) atoms. The van der Waals surface area contributed by atoms with Crippen LogP contribution in [0, 0.1) is 0 Å². The molecule has 1 aromatic rings. The van der Waals surface area contributed by atoms with E-state index in [0.29, 0.717) is 0 Å². The number of nitrogens with one attached hydrogen (secondary N) is 2. The average molecular weight is 285 g/mol. The SMILES string of the molecule is CC(CCNCc1cncs1)NC(=O)OC(C)(C)C. The first-order valence-corrected chi connectivity index (χ1v) is 7.32. The van der Waals surface area contributed by atoms with Gasteiger partial charge in [-0.3, -0.25) is 4.98 Å². The number of nitrogens with zero attached hydrogens (tertiary/aromatic N) is 1. The van der Waals surface area contributed by atoms with Crippen LogP contribution in [-0.4, -0.2) is 29.3 Å². The number of ether oxygens (including phenoxy) is 1. The molecule has 0 saturated heterocycles. The van der Waals surface area contributed by atoms with E-state index >= 15 is 0 Å². The first-order valence-electron chi connectivity index (χ1n) is 6.44. The average Bonchev–Trinajstić information content (AvgIpc) is 2.74. The minimum atomic E-state index is -0.450. The third kappa shape index (κ3) is 7.79. The van der Waals surface area contributed by atoms with Gasteiger partial charge in [-0.2, -0.15) is 0 Å². The Morgan fingerprint density at radius 3 is 2.84 bits per heavy atom. The number of amides is 1. The molecule has 108 valence electrons. The van der Waals surface area contributed by atoms with E-state index in [9.17, 15) is 4.79 Å². The van der Waals surface area contributed by atoms with Crippen LogP contribution in [0.3, 0.4) is 0 Å². The molecule has 1 amide bonds. The first-order chi connectivity index (χ1) is 8.87. The quantitative estimate of drug-likeness (QED) is 0.788. The molecule has 1 atom stereocenters. The molecule has 0 saturated carbocycles. The molecule has 0 aliphatic carbocycles. The Balaban J connectivity index is 2.10. The molecule has 2 N–H and O–H groups in total. The number of aromatic nitrogens is 1. The zero-order chi connectivity index (χ0) is 14.3. The van der Waals surface area contributed by atoms with Crippen molar-refractivity contribution in [1.29, 1.82) is 0 Å². The Morgan fingerprint density at radius 1 is 1.53 bits per heavy atom. The number of carbonyl (C=O) groups is 1. The van der Waals surface area contributed by atoms with Crippen molar-refractivity contribution in [3.05, 3.63) is 16.6 Å². The van der Waals surface area contributed by atoms with Crippen LogP contribution >= 0.6 is 11.3 Å². The van der Waals surface area contributed by atoms with Crippen LogP contribution in [0.1, 0.15) is 39.0 Å². The maximum atomic E-state index is 11.5. The van der Waals surface area contributed by atoms with Crippen LogP contribution in [0.5, 0.6) is 0 Å². The van der Waals surface area contributed by atoms with Gasteiger partial charge in [0.2, 0.25) is 0 Å². The van der Waals surface area contributed by atoms with Gasteiger partial charge < -0.3 is 15.4 Å². The minimum Gasteiger partial charge on any atom is -0.444 e. The zero-order valence-electron chi connectivity index (χ0n) is 12.0. The van der Waals surface area contributed by atoms with E-state index in [1.165, 1.54) is 4.88 Å². The largest absolute Gasteiger partial charge is 0.444 e. The summed E-state index contributed by atoms with van der Waals surface area (Å²) in [6, 6.07) is 0.0869. The number of hydrogen-bond donors (Lipinski definition) is 2. The van der Waals surface area contributed by atoms with E-state index in [1.807, 2.05) is 39.4 Å². The van der Waals surface area contributed by atoms with E-state index < -0.39 is 5.60 Å². The highest BCUT2D eigenvalue weighted by molar-refractivity contribution is 7.09. The van der Waals surface area contributed by atoms with Gasteiger partial charge in [-0.1, -0.05) is 0 Å². The maximum absolute atomic E-state index is 11.5. The summed E-state index contributed by atoms with van der Waals surface area (Å²) >= 11 is 1.64. The molecule has 1 heterocycles. The van der Waals surface area contributed by atoms with Crippen molar-refractivity contribution in [3.63, 3.8) is 0 Å². The van der Waals surface area contributed by atoms with Crippen LogP contribution < -0.4 is 10.6 Å². The Hall–Kier alpha value is -1.14. The number of hydrogen-bond acceptors (Lipinski definition) is 5. The van der Waals surface area contributed by atoms with Crippen molar-refractivity contribution in [2.75, 3.05) is 6.54 Å². The van der Waals surface area contributed by atoms with Gasteiger partial charge in [0.05, 0.1) is 5.51 Å². The lowest BCUT2D eigenvalue weighted by molar-refractivity contribution is 0.0506. The van der Waals surface area contributed by atoms with Crippen molar-refractivity contribution in [3.8, 4) is 0 Å². The van der Waals surface area contributed by atoms with Crippen molar-refractivity contribution in [2.24, 2.45) is 0 Å².